The molecule has 0 saturated heterocycles. The van der Waals surface area contributed by atoms with Gasteiger partial charge in [-0.3, -0.25) is 4.79 Å². The molecule has 0 aliphatic heterocycles. The molecule has 6 heteroatoms. The van der Waals surface area contributed by atoms with Crippen molar-refractivity contribution in [2.24, 2.45) is 0 Å². The lowest BCUT2D eigenvalue weighted by Crippen LogP contribution is -2.45. The van der Waals surface area contributed by atoms with Crippen molar-refractivity contribution in [1.82, 2.24) is 5.32 Å². The molecule has 1 rings (SSSR count). The molecule has 39 heavy (non-hydrogen) atoms. The van der Waals surface area contributed by atoms with Crippen molar-refractivity contribution in [3.63, 3.8) is 0 Å². The summed E-state index contributed by atoms with van der Waals surface area (Å²) in [5, 5.41) is 12.7. The Morgan fingerprint density at radius 1 is 0.846 bits per heavy atom. The maximum Gasteiger partial charge on any atom is 0.341 e. The molecule has 1 aromatic carbocycles. The van der Waals surface area contributed by atoms with Gasteiger partial charge in [-0.15, -0.1) is 11.8 Å². The lowest BCUT2D eigenvalue weighted by molar-refractivity contribution is -0.123. The van der Waals surface area contributed by atoms with Crippen LogP contribution in [0.5, 0.6) is 5.75 Å². The highest BCUT2D eigenvalue weighted by molar-refractivity contribution is 8.01. The highest BCUT2D eigenvalue weighted by Crippen LogP contribution is 2.33. The molecule has 0 spiro atoms. The van der Waals surface area contributed by atoms with Gasteiger partial charge >= 0.3 is 5.97 Å². The molecule has 5 nitrogen and oxygen atoms in total. The second-order valence-electron chi connectivity index (χ2n) is 8.96. The SMILES string of the molecule is CCC=CCC=CCC=CCC=CCC=CCCSC(CC)(CC)C(=O)NCCOC(=O)c1ccccc1O. The first-order chi connectivity index (χ1) is 19.0. The van der Waals surface area contributed by atoms with Gasteiger partial charge in [-0.1, -0.05) is 93.7 Å². The van der Waals surface area contributed by atoms with E-state index in [1.165, 1.54) is 12.1 Å². The number of amides is 1. The molecule has 0 bridgehead atoms. The Balaban J connectivity index is 2.26. The fourth-order valence-electron chi connectivity index (χ4n) is 3.73. The second kappa shape index (κ2) is 21.9. The minimum atomic E-state index is -0.606. The van der Waals surface area contributed by atoms with Crippen molar-refractivity contribution in [1.29, 1.82) is 0 Å². The van der Waals surface area contributed by atoms with Gasteiger partial charge < -0.3 is 15.2 Å². The molecule has 214 valence electrons. The standard InChI is InChI=1S/C33H47NO4S/c1-4-7-8-9-10-11-12-13-14-15-16-17-18-19-20-23-28-39-33(5-2,6-3)32(37)34-26-27-38-31(36)29-24-21-22-25-30(29)35/h7-8,10-11,13-14,16-17,19-22,24-25,35H,4-6,9,12,15,18,23,26-28H2,1-3H3,(H,34,37). The number of nitrogens with one attached hydrogen (secondary N) is 1. The van der Waals surface area contributed by atoms with Crippen LogP contribution >= 0.6 is 11.8 Å². The average Bonchev–Trinajstić information content (AvgIpc) is 2.95. The molecule has 2 N–H and O–H groups in total. The largest absolute Gasteiger partial charge is 0.507 e. The fraction of sp³-hybridized carbons (Fsp3) is 0.455. The van der Waals surface area contributed by atoms with Crippen molar-refractivity contribution in [3.8, 4) is 5.75 Å². The van der Waals surface area contributed by atoms with Gasteiger partial charge in [0.2, 0.25) is 5.91 Å². The van der Waals surface area contributed by atoms with Gasteiger partial charge in [-0.25, -0.2) is 4.79 Å². The number of ether oxygens (including phenoxy) is 1. The zero-order valence-corrected chi connectivity index (χ0v) is 24.8. The molecule has 0 atom stereocenters. The zero-order chi connectivity index (χ0) is 28.6. The van der Waals surface area contributed by atoms with Crippen molar-refractivity contribution in [2.45, 2.75) is 76.9 Å². The number of aromatic hydroxyl groups is 1. The number of hydrogen-bond donors (Lipinski definition) is 2. The lowest BCUT2D eigenvalue weighted by atomic mass is 10.0. The normalized spacial score (nSPS) is 12.5. The number of benzene rings is 1. The van der Waals surface area contributed by atoms with Gasteiger partial charge in [0, 0.05) is 0 Å². The summed E-state index contributed by atoms with van der Waals surface area (Å²) in [6, 6.07) is 6.24. The molecule has 0 saturated carbocycles. The minimum Gasteiger partial charge on any atom is -0.507 e. The fourth-order valence-corrected chi connectivity index (χ4v) is 4.98. The van der Waals surface area contributed by atoms with E-state index in [-0.39, 0.29) is 30.4 Å². The average molecular weight is 554 g/mol. The molecular formula is C33H47NO4S. The van der Waals surface area contributed by atoms with Gasteiger partial charge in [-0.2, -0.15) is 0 Å². The smallest absolute Gasteiger partial charge is 0.341 e. The van der Waals surface area contributed by atoms with Crippen LogP contribution in [0.4, 0.5) is 0 Å². The van der Waals surface area contributed by atoms with E-state index < -0.39 is 10.7 Å². The molecule has 0 aromatic heterocycles. The number of esters is 1. The molecule has 0 aliphatic carbocycles. The van der Waals surface area contributed by atoms with Crippen molar-refractivity contribution in [2.75, 3.05) is 18.9 Å². The molecule has 0 radical (unpaired) electrons. The summed E-state index contributed by atoms with van der Waals surface area (Å²) in [7, 11) is 0. The predicted octanol–water partition coefficient (Wildman–Crippen LogP) is 8.10. The van der Waals surface area contributed by atoms with Crippen LogP contribution in [0.3, 0.4) is 0 Å². The number of rotatable bonds is 20. The Morgan fingerprint density at radius 3 is 1.92 bits per heavy atom. The topological polar surface area (TPSA) is 75.6 Å². The molecule has 0 unspecified atom stereocenters. The van der Waals surface area contributed by atoms with E-state index in [1.54, 1.807) is 23.9 Å². The first-order valence-corrected chi connectivity index (χ1v) is 15.1. The highest BCUT2D eigenvalue weighted by atomic mass is 32.2. The van der Waals surface area contributed by atoms with Crippen LogP contribution in [-0.4, -0.2) is 40.6 Å². The number of para-hydroxylation sites is 1. The maximum absolute atomic E-state index is 12.9. The van der Waals surface area contributed by atoms with Crippen LogP contribution in [0.2, 0.25) is 0 Å². The molecule has 1 amide bonds. The molecule has 0 heterocycles. The number of carbonyl (C=O) groups excluding carboxylic acids is 2. The summed E-state index contributed by atoms with van der Waals surface area (Å²) in [4.78, 5) is 25.0. The molecule has 0 aliphatic rings. The number of allylic oxidation sites excluding steroid dienone is 10. The van der Waals surface area contributed by atoms with E-state index in [0.717, 1.165) is 57.1 Å². The van der Waals surface area contributed by atoms with E-state index in [0.29, 0.717) is 0 Å². The summed E-state index contributed by atoms with van der Waals surface area (Å²) in [5.74, 6) is 0.111. The first kappa shape index (κ1) is 34.0. The third-order valence-electron chi connectivity index (χ3n) is 6.12. The highest BCUT2D eigenvalue weighted by Gasteiger charge is 2.34. The van der Waals surface area contributed by atoms with Crippen molar-refractivity contribution in [3.05, 3.63) is 90.6 Å². The summed E-state index contributed by atoms with van der Waals surface area (Å²) in [6.07, 6.45) is 29.2. The maximum atomic E-state index is 12.9. The van der Waals surface area contributed by atoms with Crippen LogP contribution < -0.4 is 5.32 Å². The molecule has 0 fully saturated rings. The van der Waals surface area contributed by atoms with Crippen LogP contribution in [0.1, 0.15) is 82.5 Å². The number of carbonyl (C=O) groups is 2. The van der Waals surface area contributed by atoms with Gasteiger partial charge in [0.1, 0.15) is 17.9 Å². The van der Waals surface area contributed by atoms with Crippen LogP contribution in [-0.2, 0) is 9.53 Å². The van der Waals surface area contributed by atoms with E-state index in [2.05, 4.69) is 73.0 Å². The van der Waals surface area contributed by atoms with Crippen LogP contribution in [0, 0.1) is 0 Å². The van der Waals surface area contributed by atoms with E-state index >= 15 is 0 Å². The second-order valence-corrected chi connectivity index (χ2v) is 10.4. The lowest BCUT2D eigenvalue weighted by Gasteiger charge is -2.29. The van der Waals surface area contributed by atoms with E-state index in [4.69, 9.17) is 4.74 Å². The summed E-state index contributed by atoms with van der Waals surface area (Å²) >= 11 is 1.69. The summed E-state index contributed by atoms with van der Waals surface area (Å²) in [6.45, 7) is 6.49. The predicted molar refractivity (Wildman–Crippen MR) is 166 cm³/mol. The van der Waals surface area contributed by atoms with Crippen LogP contribution in [0.15, 0.2) is 85.0 Å². The number of phenols is 1. The van der Waals surface area contributed by atoms with Crippen molar-refractivity contribution >= 4 is 23.6 Å². The Kier molecular flexibility index (Phi) is 19.1. The summed E-state index contributed by atoms with van der Waals surface area (Å²) < 4.78 is 4.70. The Morgan fingerprint density at radius 2 is 1.38 bits per heavy atom. The Bertz CT molecular complexity index is 974. The third-order valence-corrected chi connectivity index (χ3v) is 7.88. The third kappa shape index (κ3) is 14.7. The van der Waals surface area contributed by atoms with Gasteiger partial charge in [0.15, 0.2) is 0 Å². The number of thioether (sulfide) groups is 1. The first-order valence-electron chi connectivity index (χ1n) is 14.1. The number of hydrogen-bond acceptors (Lipinski definition) is 5. The van der Waals surface area contributed by atoms with Gasteiger partial charge in [-0.05, 0) is 69.3 Å². The Hall–Kier alpha value is -2.99. The Labute approximate surface area is 240 Å². The number of phenolic OH excluding ortho intramolecular Hbond substituents is 1. The van der Waals surface area contributed by atoms with Crippen molar-refractivity contribution < 1.29 is 19.4 Å². The monoisotopic (exact) mass is 553 g/mol. The molecule has 1 aromatic rings. The zero-order valence-electron chi connectivity index (χ0n) is 23.9. The quantitative estimate of drug-likeness (QED) is 0.0969. The van der Waals surface area contributed by atoms with Crippen LogP contribution in [0.25, 0.3) is 0 Å². The van der Waals surface area contributed by atoms with E-state index in [9.17, 15) is 14.7 Å². The van der Waals surface area contributed by atoms with Gasteiger partial charge in [0.25, 0.3) is 0 Å². The molecular weight excluding hydrogens is 506 g/mol. The minimum absolute atomic E-state index is 0.0279. The van der Waals surface area contributed by atoms with E-state index in [1.807, 2.05) is 13.8 Å². The summed E-state index contributed by atoms with van der Waals surface area (Å²) in [5.41, 5.74) is 0.117. The van der Waals surface area contributed by atoms with Gasteiger partial charge in [0.05, 0.1) is 11.3 Å².